The number of nitriles is 1. The molecule has 1 heterocycles. The molecular weight excluding hydrogens is 138 g/mol. The Kier molecular flexibility index (Phi) is 2.90. The van der Waals surface area contributed by atoms with Crippen LogP contribution in [0, 0.1) is 23.2 Å². The molecule has 0 aliphatic carbocycles. The molecule has 1 rings (SSSR count). The molecule has 0 radical (unpaired) electrons. The summed E-state index contributed by atoms with van der Waals surface area (Å²) in [5, 5.41) is 8.75. The fraction of sp³-hybridized carbons (Fsp3) is 0.889. The van der Waals surface area contributed by atoms with E-state index in [2.05, 4.69) is 19.9 Å². The average Bonchev–Trinajstić information content (AvgIpc) is 2.50. The lowest BCUT2D eigenvalue weighted by Gasteiger charge is -2.18. The lowest BCUT2D eigenvalue weighted by atomic mass is 9.91. The minimum atomic E-state index is 0.143. The van der Waals surface area contributed by atoms with Crippen LogP contribution in [-0.2, 0) is 4.74 Å². The normalized spacial score (nSPS) is 33.2. The van der Waals surface area contributed by atoms with E-state index in [-0.39, 0.29) is 12.0 Å². The van der Waals surface area contributed by atoms with Gasteiger partial charge in [0.1, 0.15) is 0 Å². The van der Waals surface area contributed by atoms with E-state index in [4.69, 9.17) is 10.00 Å². The number of rotatable bonds is 2. The van der Waals surface area contributed by atoms with E-state index in [1.54, 1.807) is 0 Å². The quantitative estimate of drug-likeness (QED) is 0.607. The maximum atomic E-state index is 8.75. The summed E-state index contributed by atoms with van der Waals surface area (Å²) in [6, 6.07) is 2.30. The van der Waals surface area contributed by atoms with Gasteiger partial charge in [-0.3, -0.25) is 0 Å². The van der Waals surface area contributed by atoms with Gasteiger partial charge < -0.3 is 4.74 Å². The number of ether oxygens (including phenoxy) is 1. The Morgan fingerprint density at radius 1 is 1.73 bits per heavy atom. The van der Waals surface area contributed by atoms with E-state index < -0.39 is 0 Å². The van der Waals surface area contributed by atoms with Crippen molar-refractivity contribution in [1.29, 1.82) is 5.26 Å². The van der Waals surface area contributed by atoms with E-state index in [1.165, 1.54) is 0 Å². The van der Waals surface area contributed by atoms with Crippen molar-refractivity contribution in [2.75, 3.05) is 6.61 Å². The second kappa shape index (κ2) is 3.73. The average molecular weight is 153 g/mol. The monoisotopic (exact) mass is 153 g/mol. The summed E-state index contributed by atoms with van der Waals surface area (Å²) in [7, 11) is 0. The molecule has 11 heavy (non-hydrogen) atoms. The van der Waals surface area contributed by atoms with Gasteiger partial charge in [0, 0.05) is 6.61 Å². The van der Waals surface area contributed by atoms with Gasteiger partial charge in [0.05, 0.1) is 18.1 Å². The molecule has 2 nitrogen and oxygen atoms in total. The van der Waals surface area contributed by atoms with Crippen molar-refractivity contribution in [2.45, 2.75) is 32.8 Å². The van der Waals surface area contributed by atoms with E-state index in [0.717, 1.165) is 19.4 Å². The Bertz CT molecular complexity index is 161. The van der Waals surface area contributed by atoms with Gasteiger partial charge in [-0.05, 0) is 12.3 Å². The third-order valence-electron chi connectivity index (χ3n) is 2.51. The number of hydrogen-bond acceptors (Lipinski definition) is 2. The first-order valence-corrected chi connectivity index (χ1v) is 4.30. The summed E-state index contributed by atoms with van der Waals surface area (Å²) in [4.78, 5) is 0. The van der Waals surface area contributed by atoms with Crippen molar-refractivity contribution in [2.24, 2.45) is 11.8 Å². The zero-order chi connectivity index (χ0) is 8.27. The molecular formula is C9H15NO. The number of nitrogens with zero attached hydrogens (tertiary/aromatic N) is 1. The predicted molar refractivity (Wildman–Crippen MR) is 42.9 cm³/mol. The van der Waals surface area contributed by atoms with E-state index >= 15 is 0 Å². The van der Waals surface area contributed by atoms with Crippen molar-refractivity contribution in [3.05, 3.63) is 0 Å². The largest absolute Gasteiger partial charge is 0.377 e. The third kappa shape index (κ3) is 1.72. The lowest BCUT2D eigenvalue weighted by molar-refractivity contribution is 0.0564. The second-order valence-electron chi connectivity index (χ2n) is 3.25. The van der Waals surface area contributed by atoms with Crippen LogP contribution in [0.3, 0.4) is 0 Å². The Labute approximate surface area is 68.2 Å². The van der Waals surface area contributed by atoms with Gasteiger partial charge in [-0.1, -0.05) is 20.3 Å². The SMILES string of the molecule is CCC(C)C1OCCC1C#N. The van der Waals surface area contributed by atoms with Crippen LogP contribution < -0.4 is 0 Å². The Morgan fingerprint density at radius 2 is 2.45 bits per heavy atom. The van der Waals surface area contributed by atoms with Crippen LogP contribution in [0.15, 0.2) is 0 Å². The van der Waals surface area contributed by atoms with Crippen molar-refractivity contribution in [3.63, 3.8) is 0 Å². The lowest BCUT2D eigenvalue weighted by Crippen LogP contribution is -2.22. The van der Waals surface area contributed by atoms with E-state index in [9.17, 15) is 0 Å². The zero-order valence-electron chi connectivity index (χ0n) is 7.21. The van der Waals surface area contributed by atoms with Crippen LogP contribution in [0.2, 0.25) is 0 Å². The highest BCUT2D eigenvalue weighted by Gasteiger charge is 2.31. The molecule has 0 saturated carbocycles. The maximum absolute atomic E-state index is 8.75. The molecule has 3 unspecified atom stereocenters. The summed E-state index contributed by atoms with van der Waals surface area (Å²) in [5.41, 5.74) is 0. The molecule has 0 aromatic rings. The van der Waals surface area contributed by atoms with Gasteiger partial charge >= 0.3 is 0 Å². The molecule has 1 aliphatic rings. The van der Waals surface area contributed by atoms with Gasteiger partial charge in [-0.25, -0.2) is 0 Å². The first kappa shape index (κ1) is 8.55. The van der Waals surface area contributed by atoms with Crippen LogP contribution in [0.25, 0.3) is 0 Å². The van der Waals surface area contributed by atoms with Gasteiger partial charge in [0.2, 0.25) is 0 Å². The van der Waals surface area contributed by atoms with Crippen molar-refractivity contribution in [1.82, 2.24) is 0 Å². The Hall–Kier alpha value is -0.550. The minimum absolute atomic E-state index is 0.143. The fourth-order valence-corrected chi connectivity index (χ4v) is 1.54. The second-order valence-corrected chi connectivity index (χ2v) is 3.25. The Balaban J connectivity index is 2.51. The minimum Gasteiger partial charge on any atom is -0.377 e. The molecule has 0 bridgehead atoms. The summed E-state index contributed by atoms with van der Waals surface area (Å²) in [6.45, 7) is 5.06. The molecule has 1 aliphatic heterocycles. The molecule has 0 spiro atoms. The van der Waals surface area contributed by atoms with E-state index in [1.807, 2.05) is 0 Å². The van der Waals surface area contributed by atoms with Crippen LogP contribution in [0.4, 0.5) is 0 Å². The first-order valence-electron chi connectivity index (χ1n) is 4.30. The smallest absolute Gasteiger partial charge is 0.0759 e. The van der Waals surface area contributed by atoms with Gasteiger partial charge in [-0.2, -0.15) is 5.26 Å². The highest BCUT2D eigenvalue weighted by molar-refractivity contribution is 4.94. The van der Waals surface area contributed by atoms with Gasteiger partial charge in [-0.15, -0.1) is 0 Å². The molecule has 0 aromatic carbocycles. The summed E-state index contributed by atoms with van der Waals surface area (Å²) < 4.78 is 5.49. The highest BCUT2D eigenvalue weighted by Crippen LogP contribution is 2.27. The van der Waals surface area contributed by atoms with E-state index in [0.29, 0.717) is 5.92 Å². The molecule has 1 saturated heterocycles. The topological polar surface area (TPSA) is 33.0 Å². The van der Waals surface area contributed by atoms with Crippen LogP contribution in [0.5, 0.6) is 0 Å². The molecule has 1 fully saturated rings. The Morgan fingerprint density at radius 3 is 3.00 bits per heavy atom. The first-order chi connectivity index (χ1) is 5.29. The summed E-state index contributed by atoms with van der Waals surface area (Å²) in [6.07, 6.45) is 2.22. The van der Waals surface area contributed by atoms with Crippen LogP contribution in [-0.4, -0.2) is 12.7 Å². The number of hydrogen-bond donors (Lipinski definition) is 0. The fourth-order valence-electron chi connectivity index (χ4n) is 1.54. The zero-order valence-corrected chi connectivity index (χ0v) is 7.21. The highest BCUT2D eigenvalue weighted by atomic mass is 16.5. The molecule has 0 aromatic heterocycles. The molecule has 62 valence electrons. The standard InChI is InChI=1S/C9H15NO/c1-3-7(2)9-8(6-10)4-5-11-9/h7-9H,3-5H2,1-2H3. The molecule has 3 atom stereocenters. The maximum Gasteiger partial charge on any atom is 0.0759 e. The molecule has 0 N–H and O–H groups in total. The van der Waals surface area contributed by atoms with Crippen molar-refractivity contribution < 1.29 is 4.74 Å². The third-order valence-corrected chi connectivity index (χ3v) is 2.51. The van der Waals surface area contributed by atoms with Crippen LogP contribution >= 0.6 is 0 Å². The predicted octanol–water partition coefficient (Wildman–Crippen LogP) is 1.96. The van der Waals surface area contributed by atoms with Crippen LogP contribution in [0.1, 0.15) is 26.7 Å². The molecule has 2 heteroatoms. The van der Waals surface area contributed by atoms with Gasteiger partial charge in [0.25, 0.3) is 0 Å². The van der Waals surface area contributed by atoms with Crippen molar-refractivity contribution in [3.8, 4) is 6.07 Å². The summed E-state index contributed by atoms with van der Waals surface area (Å²) >= 11 is 0. The summed E-state index contributed by atoms with van der Waals surface area (Å²) in [5.74, 6) is 0.673. The van der Waals surface area contributed by atoms with Gasteiger partial charge in [0.15, 0.2) is 0 Å². The molecule has 0 amide bonds. The van der Waals surface area contributed by atoms with Crippen molar-refractivity contribution >= 4 is 0 Å².